The maximum Gasteiger partial charge on any atom is 0.275 e. The molecule has 1 N–H and O–H groups in total. The Morgan fingerprint density at radius 1 is 1.28 bits per heavy atom. The van der Waals surface area contributed by atoms with Gasteiger partial charge in [-0.25, -0.2) is 9.97 Å². The molecule has 3 rings (SSSR count). The highest BCUT2D eigenvalue weighted by atomic mass is 35.5. The number of anilines is 2. The average Bonchev–Trinajstić information content (AvgIpc) is 2.64. The lowest BCUT2D eigenvalue weighted by Gasteiger charge is -2.35. The number of halogens is 2. The van der Waals surface area contributed by atoms with Gasteiger partial charge in [-0.15, -0.1) is 0 Å². The summed E-state index contributed by atoms with van der Waals surface area (Å²) in [6.07, 6.45) is 7.84. The highest BCUT2D eigenvalue weighted by Gasteiger charge is 2.22. The second-order valence-electron chi connectivity index (χ2n) is 6.09. The topological polar surface area (TPSA) is 58.1 Å². The monoisotopic (exact) mass is 378 g/mol. The zero-order valence-corrected chi connectivity index (χ0v) is 15.5. The summed E-state index contributed by atoms with van der Waals surface area (Å²) >= 11 is 12.0. The Bertz CT molecular complexity index is 751. The van der Waals surface area contributed by atoms with Crippen molar-refractivity contribution in [3.05, 3.63) is 46.3 Å². The van der Waals surface area contributed by atoms with E-state index >= 15 is 0 Å². The van der Waals surface area contributed by atoms with Crippen molar-refractivity contribution in [1.29, 1.82) is 0 Å². The van der Waals surface area contributed by atoms with Crippen LogP contribution in [0.1, 0.15) is 43.1 Å². The highest BCUT2D eigenvalue weighted by Crippen LogP contribution is 2.26. The summed E-state index contributed by atoms with van der Waals surface area (Å²) in [5.74, 6) is 0.456. The number of carbonyl (C=O) groups excluding carboxylic acids is 1. The van der Waals surface area contributed by atoms with Gasteiger partial charge in [0.1, 0.15) is 11.5 Å². The second kappa shape index (κ2) is 8.02. The number of piperidine rings is 1. The molecule has 132 valence electrons. The Labute approximate surface area is 157 Å². The molecule has 1 aromatic carbocycles. The fourth-order valence-corrected chi connectivity index (χ4v) is 3.43. The third-order valence-corrected chi connectivity index (χ3v) is 5.00. The molecule has 25 heavy (non-hydrogen) atoms. The third kappa shape index (κ3) is 4.22. The number of nitrogens with zero attached hydrogens (tertiary/aromatic N) is 3. The van der Waals surface area contributed by atoms with Crippen LogP contribution in [0, 0.1) is 0 Å². The van der Waals surface area contributed by atoms with Crippen LogP contribution < -0.4 is 10.2 Å². The number of hydrogen-bond acceptors (Lipinski definition) is 4. The molecule has 0 aliphatic carbocycles. The maximum atomic E-state index is 12.4. The van der Waals surface area contributed by atoms with E-state index in [-0.39, 0.29) is 11.6 Å². The zero-order valence-electron chi connectivity index (χ0n) is 14.0. The Balaban J connectivity index is 1.73. The van der Waals surface area contributed by atoms with Crippen molar-refractivity contribution in [2.24, 2.45) is 0 Å². The normalized spacial score (nSPS) is 17.4. The van der Waals surface area contributed by atoms with E-state index < -0.39 is 0 Å². The minimum atomic E-state index is -0.367. The first-order chi connectivity index (χ1) is 12.1. The van der Waals surface area contributed by atoms with Gasteiger partial charge in [0.2, 0.25) is 0 Å². The summed E-state index contributed by atoms with van der Waals surface area (Å²) in [7, 11) is 0. The number of rotatable bonds is 4. The lowest BCUT2D eigenvalue weighted by Crippen LogP contribution is -2.39. The molecule has 5 nitrogen and oxygen atoms in total. The number of nitrogens with one attached hydrogen (secondary N) is 1. The number of amides is 1. The molecule has 1 aliphatic rings. The second-order valence-corrected chi connectivity index (χ2v) is 6.93. The first kappa shape index (κ1) is 18.0. The minimum Gasteiger partial charge on any atom is -0.352 e. The van der Waals surface area contributed by atoms with Crippen LogP contribution >= 0.6 is 23.2 Å². The van der Waals surface area contributed by atoms with E-state index in [1.807, 2.05) is 0 Å². The van der Waals surface area contributed by atoms with Gasteiger partial charge in [-0.2, -0.15) is 0 Å². The predicted octanol–water partition coefficient (Wildman–Crippen LogP) is 4.80. The first-order valence-corrected chi connectivity index (χ1v) is 9.19. The zero-order chi connectivity index (χ0) is 17.8. The number of carbonyl (C=O) groups is 1. The van der Waals surface area contributed by atoms with E-state index in [0.717, 1.165) is 25.2 Å². The van der Waals surface area contributed by atoms with E-state index in [9.17, 15) is 4.79 Å². The van der Waals surface area contributed by atoms with Gasteiger partial charge >= 0.3 is 0 Å². The van der Waals surface area contributed by atoms with Gasteiger partial charge in [-0.3, -0.25) is 4.79 Å². The molecule has 0 bridgehead atoms. The van der Waals surface area contributed by atoms with E-state index in [4.69, 9.17) is 23.2 Å². The fourth-order valence-electron chi connectivity index (χ4n) is 3.09. The van der Waals surface area contributed by atoms with Crippen LogP contribution in [0.2, 0.25) is 10.0 Å². The predicted molar refractivity (Wildman–Crippen MR) is 102 cm³/mol. The first-order valence-electron chi connectivity index (χ1n) is 8.43. The van der Waals surface area contributed by atoms with Gasteiger partial charge in [0.25, 0.3) is 5.91 Å². The van der Waals surface area contributed by atoms with Crippen LogP contribution in [-0.2, 0) is 0 Å². The number of aromatic nitrogens is 2. The largest absolute Gasteiger partial charge is 0.352 e. The maximum absolute atomic E-state index is 12.4. The molecule has 1 aliphatic heterocycles. The van der Waals surface area contributed by atoms with Crippen molar-refractivity contribution < 1.29 is 4.79 Å². The molecule has 2 aromatic rings. The molecule has 2 heterocycles. The van der Waals surface area contributed by atoms with Crippen LogP contribution in [-0.4, -0.2) is 28.5 Å². The summed E-state index contributed by atoms with van der Waals surface area (Å²) in [4.78, 5) is 23.4. The Hall–Kier alpha value is -1.85. The molecule has 0 radical (unpaired) electrons. The van der Waals surface area contributed by atoms with Gasteiger partial charge in [-0.05, 0) is 43.9 Å². The Kier molecular flexibility index (Phi) is 5.76. The number of benzene rings is 1. The summed E-state index contributed by atoms with van der Waals surface area (Å²) in [5.41, 5.74) is 0.692. The van der Waals surface area contributed by atoms with Crippen LogP contribution in [0.4, 0.5) is 11.5 Å². The van der Waals surface area contributed by atoms with Crippen molar-refractivity contribution in [1.82, 2.24) is 9.97 Å². The quantitative estimate of drug-likeness (QED) is 0.829. The summed E-state index contributed by atoms with van der Waals surface area (Å²) in [5, 5.41) is 3.63. The molecule has 1 amide bonds. The molecular formula is C18H20Cl2N4O. The lowest BCUT2D eigenvalue weighted by atomic mass is 10.0. The standard InChI is InChI=1S/C18H20Cl2N4O/c1-2-13-5-3-4-8-24(13)17-11-21-16(10-22-17)18(25)23-15-9-12(19)6-7-14(15)20/h6-7,9-11,13H,2-5,8H2,1H3,(H,23,25). The third-order valence-electron chi connectivity index (χ3n) is 4.44. The van der Waals surface area contributed by atoms with Crippen LogP contribution in [0.5, 0.6) is 0 Å². The van der Waals surface area contributed by atoms with Gasteiger partial charge in [0, 0.05) is 17.6 Å². The molecule has 0 spiro atoms. The van der Waals surface area contributed by atoms with Gasteiger partial charge in [0.05, 0.1) is 23.1 Å². The van der Waals surface area contributed by atoms with Crippen molar-refractivity contribution in [3.8, 4) is 0 Å². The number of hydrogen-bond donors (Lipinski definition) is 1. The van der Waals surface area contributed by atoms with Crippen molar-refractivity contribution in [3.63, 3.8) is 0 Å². The molecule has 1 fully saturated rings. The molecule has 1 aromatic heterocycles. The molecule has 1 atom stereocenters. The van der Waals surface area contributed by atoms with Crippen LogP contribution in [0.15, 0.2) is 30.6 Å². The molecule has 1 saturated heterocycles. The van der Waals surface area contributed by atoms with E-state index in [2.05, 4.69) is 27.1 Å². The van der Waals surface area contributed by atoms with Crippen molar-refractivity contribution in [2.75, 3.05) is 16.8 Å². The summed E-state index contributed by atoms with van der Waals surface area (Å²) in [6, 6.07) is 5.39. The van der Waals surface area contributed by atoms with E-state index in [1.54, 1.807) is 24.4 Å². The Morgan fingerprint density at radius 2 is 2.12 bits per heavy atom. The molecular weight excluding hydrogens is 359 g/mol. The Morgan fingerprint density at radius 3 is 2.84 bits per heavy atom. The van der Waals surface area contributed by atoms with Crippen molar-refractivity contribution in [2.45, 2.75) is 38.6 Å². The minimum absolute atomic E-state index is 0.241. The fraction of sp³-hybridized carbons (Fsp3) is 0.389. The van der Waals surface area contributed by atoms with Crippen LogP contribution in [0.25, 0.3) is 0 Å². The van der Waals surface area contributed by atoms with Crippen LogP contribution in [0.3, 0.4) is 0 Å². The van der Waals surface area contributed by atoms with E-state index in [1.165, 1.54) is 19.0 Å². The molecule has 0 saturated carbocycles. The SMILES string of the molecule is CCC1CCCCN1c1cnc(C(=O)Nc2cc(Cl)ccc2Cl)cn1. The highest BCUT2D eigenvalue weighted by molar-refractivity contribution is 6.35. The van der Waals surface area contributed by atoms with Gasteiger partial charge in [0.15, 0.2) is 0 Å². The van der Waals surface area contributed by atoms with Crippen molar-refractivity contribution >= 4 is 40.6 Å². The molecule has 1 unspecified atom stereocenters. The average molecular weight is 379 g/mol. The smallest absolute Gasteiger partial charge is 0.275 e. The van der Waals surface area contributed by atoms with Gasteiger partial charge < -0.3 is 10.2 Å². The van der Waals surface area contributed by atoms with Gasteiger partial charge in [-0.1, -0.05) is 30.1 Å². The summed E-state index contributed by atoms with van der Waals surface area (Å²) < 4.78 is 0. The molecule has 7 heteroatoms. The lowest BCUT2D eigenvalue weighted by molar-refractivity contribution is 0.102. The summed E-state index contributed by atoms with van der Waals surface area (Å²) in [6.45, 7) is 3.17. The van der Waals surface area contributed by atoms with E-state index in [0.29, 0.717) is 21.8 Å².